The normalized spacial score (nSPS) is 35.5. The van der Waals surface area contributed by atoms with Crippen LogP contribution in [0.3, 0.4) is 0 Å². The van der Waals surface area contributed by atoms with E-state index in [1.54, 1.807) is 6.92 Å². The molecule has 0 aliphatic carbocycles. The largest absolute Gasteiger partial charge is 0.381 e. The molecule has 1 amide bonds. The smallest absolute Gasteiger partial charge is 0.219 e. The molecule has 3 heterocycles. The zero-order chi connectivity index (χ0) is 14.8. The van der Waals surface area contributed by atoms with Crippen LogP contribution in [0.1, 0.15) is 20.3 Å². The third-order valence-electron chi connectivity index (χ3n) is 5.42. The molecule has 3 aliphatic rings. The Balaban J connectivity index is 1.48. The van der Waals surface area contributed by atoms with Gasteiger partial charge in [0, 0.05) is 65.4 Å². The first kappa shape index (κ1) is 15.3. The number of ether oxygens (including phenoxy) is 1. The summed E-state index contributed by atoms with van der Waals surface area (Å²) in [7, 11) is 0. The fraction of sp³-hybridized carbons (Fsp3) is 0.938. The minimum Gasteiger partial charge on any atom is -0.381 e. The number of nitrogens with zero attached hydrogens (tertiary/aromatic N) is 3. The van der Waals surface area contributed by atoms with E-state index in [1.165, 1.54) is 26.1 Å². The fourth-order valence-electron chi connectivity index (χ4n) is 4.13. The molecule has 5 nitrogen and oxygen atoms in total. The number of carbonyl (C=O) groups excluding carboxylic acids is 1. The van der Waals surface area contributed by atoms with Gasteiger partial charge in [-0.1, -0.05) is 6.92 Å². The molecule has 0 aromatic carbocycles. The van der Waals surface area contributed by atoms with Crippen LogP contribution >= 0.6 is 0 Å². The van der Waals surface area contributed by atoms with Crippen molar-refractivity contribution in [3.8, 4) is 0 Å². The highest BCUT2D eigenvalue weighted by Gasteiger charge is 2.36. The Bertz CT molecular complexity index is 363. The molecule has 0 spiro atoms. The van der Waals surface area contributed by atoms with E-state index < -0.39 is 0 Å². The van der Waals surface area contributed by atoms with Gasteiger partial charge in [-0.05, 0) is 18.3 Å². The van der Waals surface area contributed by atoms with Gasteiger partial charge in [-0.2, -0.15) is 0 Å². The first-order valence-electron chi connectivity index (χ1n) is 8.43. The number of hydrogen-bond acceptors (Lipinski definition) is 4. The summed E-state index contributed by atoms with van der Waals surface area (Å²) in [5, 5.41) is 0. The molecule has 21 heavy (non-hydrogen) atoms. The molecule has 0 bridgehead atoms. The zero-order valence-electron chi connectivity index (χ0n) is 13.5. The van der Waals surface area contributed by atoms with E-state index in [0.29, 0.717) is 6.04 Å². The first-order chi connectivity index (χ1) is 10.1. The lowest BCUT2D eigenvalue weighted by Crippen LogP contribution is -2.53. The van der Waals surface area contributed by atoms with E-state index in [1.807, 2.05) is 4.90 Å². The van der Waals surface area contributed by atoms with Crippen molar-refractivity contribution in [1.82, 2.24) is 14.7 Å². The summed E-state index contributed by atoms with van der Waals surface area (Å²) >= 11 is 0. The SMILES string of the molecule is CC(=O)N1CCN([C@@H]2CN(C[C@@H]3CCOC3)C[C@H]2C)CC1. The summed E-state index contributed by atoms with van der Waals surface area (Å²) in [5.74, 6) is 1.69. The molecular formula is C16H29N3O2. The highest BCUT2D eigenvalue weighted by atomic mass is 16.5. The van der Waals surface area contributed by atoms with Gasteiger partial charge < -0.3 is 14.5 Å². The molecule has 0 aromatic heterocycles. The van der Waals surface area contributed by atoms with Crippen LogP contribution in [0.4, 0.5) is 0 Å². The summed E-state index contributed by atoms with van der Waals surface area (Å²) in [4.78, 5) is 18.6. The van der Waals surface area contributed by atoms with E-state index in [0.717, 1.165) is 51.2 Å². The Kier molecular flexibility index (Phi) is 4.82. The third kappa shape index (κ3) is 3.58. The lowest BCUT2D eigenvalue weighted by Gasteiger charge is -2.39. The predicted molar refractivity (Wildman–Crippen MR) is 82.1 cm³/mol. The minimum absolute atomic E-state index is 0.219. The van der Waals surface area contributed by atoms with Crippen molar-refractivity contribution in [2.45, 2.75) is 26.3 Å². The van der Waals surface area contributed by atoms with Crippen molar-refractivity contribution < 1.29 is 9.53 Å². The van der Waals surface area contributed by atoms with Crippen molar-refractivity contribution >= 4 is 5.91 Å². The monoisotopic (exact) mass is 295 g/mol. The maximum absolute atomic E-state index is 11.4. The summed E-state index contributed by atoms with van der Waals surface area (Å²) in [6, 6.07) is 0.668. The average Bonchev–Trinajstić information content (AvgIpc) is 3.09. The van der Waals surface area contributed by atoms with Gasteiger partial charge in [0.05, 0.1) is 6.61 Å². The Hall–Kier alpha value is -0.650. The fourth-order valence-corrected chi connectivity index (χ4v) is 4.13. The van der Waals surface area contributed by atoms with Gasteiger partial charge in [0.25, 0.3) is 0 Å². The second kappa shape index (κ2) is 6.63. The molecule has 120 valence electrons. The van der Waals surface area contributed by atoms with Crippen LogP contribution in [-0.2, 0) is 9.53 Å². The van der Waals surface area contributed by atoms with Gasteiger partial charge in [0.1, 0.15) is 0 Å². The van der Waals surface area contributed by atoms with Gasteiger partial charge in [-0.15, -0.1) is 0 Å². The first-order valence-corrected chi connectivity index (χ1v) is 8.43. The van der Waals surface area contributed by atoms with Gasteiger partial charge in [-0.25, -0.2) is 0 Å². The summed E-state index contributed by atoms with van der Waals surface area (Å²) in [5.41, 5.74) is 0. The van der Waals surface area contributed by atoms with Gasteiger partial charge in [-0.3, -0.25) is 9.69 Å². The van der Waals surface area contributed by atoms with Crippen LogP contribution in [-0.4, -0.2) is 85.7 Å². The lowest BCUT2D eigenvalue weighted by atomic mass is 10.0. The molecular weight excluding hydrogens is 266 g/mol. The number of piperazine rings is 1. The van der Waals surface area contributed by atoms with Crippen molar-refractivity contribution in [1.29, 1.82) is 0 Å². The Morgan fingerprint density at radius 1 is 1.19 bits per heavy atom. The number of amides is 1. The summed E-state index contributed by atoms with van der Waals surface area (Å²) < 4.78 is 5.50. The van der Waals surface area contributed by atoms with Crippen molar-refractivity contribution in [2.75, 3.05) is 59.0 Å². The number of likely N-dealkylation sites (tertiary alicyclic amines) is 1. The van der Waals surface area contributed by atoms with Gasteiger partial charge in [0.15, 0.2) is 0 Å². The number of hydrogen-bond donors (Lipinski definition) is 0. The molecule has 3 rings (SSSR count). The molecule has 3 saturated heterocycles. The van der Waals surface area contributed by atoms with E-state index in [9.17, 15) is 4.79 Å². The molecule has 0 saturated carbocycles. The molecule has 3 aliphatic heterocycles. The number of rotatable bonds is 3. The maximum atomic E-state index is 11.4. The molecule has 0 aromatic rings. The standard InChI is InChI=1S/C16H29N3O2/c1-13-9-17(10-15-3-8-21-12-15)11-16(13)19-6-4-18(5-7-19)14(2)20/h13,15-16H,3-12H2,1-2H3/t13-,15+,16-/m1/s1. The Labute approximate surface area is 128 Å². The average molecular weight is 295 g/mol. The Morgan fingerprint density at radius 3 is 2.57 bits per heavy atom. The quantitative estimate of drug-likeness (QED) is 0.760. The number of carbonyl (C=O) groups is 1. The maximum Gasteiger partial charge on any atom is 0.219 e. The molecule has 3 fully saturated rings. The van der Waals surface area contributed by atoms with Crippen molar-refractivity contribution in [3.63, 3.8) is 0 Å². The lowest BCUT2D eigenvalue weighted by molar-refractivity contribution is -0.130. The highest BCUT2D eigenvalue weighted by Crippen LogP contribution is 2.25. The van der Waals surface area contributed by atoms with Crippen LogP contribution < -0.4 is 0 Å². The summed E-state index contributed by atoms with van der Waals surface area (Å²) in [6.07, 6.45) is 1.23. The van der Waals surface area contributed by atoms with E-state index in [2.05, 4.69) is 16.7 Å². The second-order valence-corrected chi connectivity index (χ2v) is 7.03. The molecule has 0 unspecified atom stereocenters. The van der Waals surface area contributed by atoms with Crippen LogP contribution in [0.25, 0.3) is 0 Å². The van der Waals surface area contributed by atoms with Crippen molar-refractivity contribution in [3.05, 3.63) is 0 Å². The van der Waals surface area contributed by atoms with Crippen LogP contribution in [0, 0.1) is 11.8 Å². The predicted octanol–water partition coefficient (Wildman–Crippen LogP) is 0.507. The minimum atomic E-state index is 0.219. The molecule has 0 radical (unpaired) electrons. The van der Waals surface area contributed by atoms with Gasteiger partial charge >= 0.3 is 0 Å². The summed E-state index contributed by atoms with van der Waals surface area (Å²) in [6.45, 7) is 13.4. The van der Waals surface area contributed by atoms with E-state index >= 15 is 0 Å². The van der Waals surface area contributed by atoms with Crippen LogP contribution in [0.5, 0.6) is 0 Å². The Morgan fingerprint density at radius 2 is 1.95 bits per heavy atom. The molecule has 3 atom stereocenters. The molecule has 0 N–H and O–H groups in total. The molecule has 5 heteroatoms. The van der Waals surface area contributed by atoms with Crippen LogP contribution in [0.15, 0.2) is 0 Å². The van der Waals surface area contributed by atoms with Gasteiger partial charge in [0.2, 0.25) is 5.91 Å². The van der Waals surface area contributed by atoms with Crippen LogP contribution in [0.2, 0.25) is 0 Å². The van der Waals surface area contributed by atoms with E-state index in [4.69, 9.17) is 4.74 Å². The highest BCUT2D eigenvalue weighted by molar-refractivity contribution is 5.73. The zero-order valence-corrected chi connectivity index (χ0v) is 13.5. The van der Waals surface area contributed by atoms with E-state index in [-0.39, 0.29) is 5.91 Å². The third-order valence-corrected chi connectivity index (χ3v) is 5.42. The topological polar surface area (TPSA) is 36.0 Å². The van der Waals surface area contributed by atoms with Crippen molar-refractivity contribution in [2.24, 2.45) is 11.8 Å². The second-order valence-electron chi connectivity index (χ2n) is 7.03.